The lowest BCUT2D eigenvalue weighted by Crippen LogP contribution is -2.31. The largest absolute Gasteiger partial charge is 0.494 e. The average molecular weight is 441 g/mol. The number of carbonyl (C=O) groups excluding carboxylic acids is 1. The Hall–Kier alpha value is -3.58. The second-order valence-electron chi connectivity index (χ2n) is 8.14. The molecule has 4 nitrogen and oxygen atoms in total. The van der Waals surface area contributed by atoms with Crippen molar-refractivity contribution in [3.63, 3.8) is 0 Å². The van der Waals surface area contributed by atoms with Crippen LogP contribution in [0.4, 0.5) is 0 Å². The van der Waals surface area contributed by atoms with E-state index < -0.39 is 0 Å². The summed E-state index contributed by atoms with van der Waals surface area (Å²) in [7, 11) is 0. The maximum atomic E-state index is 12.8. The third kappa shape index (κ3) is 7.50. The lowest BCUT2D eigenvalue weighted by molar-refractivity contribution is -0.132. The molecule has 3 aromatic carbocycles. The Balaban J connectivity index is 1.58. The van der Waals surface area contributed by atoms with E-state index in [4.69, 9.17) is 4.74 Å². The van der Waals surface area contributed by atoms with E-state index >= 15 is 0 Å². The van der Waals surface area contributed by atoms with Crippen molar-refractivity contribution >= 4 is 5.91 Å². The van der Waals surface area contributed by atoms with Crippen molar-refractivity contribution in [1.29, 1.82) is 5.26 Å². The Morgan fingerprint density at radius 2 is 1.64 bits per heavy atom. The minimum Gasteiger partial charge on any atom is -0.494 e. The van der Waals surface area contributed by atoms with Crippen LogP contribution in [0.2, 0.25) is 0 Å². The van der Waals surface area contributed by atoms with Gasteiger partial charge in [-0.05, 0) is 54.2 Å². The summed E-state index contributed by atoms with van der Waals surface area (Å²) in [5.41, 5.74) is 3.71. The van der Waals surface area contributed by atoms with Gasteiger partial charge in [0.15, 0.2) is 0 Å². The van der Waals surface area contributed by atoms with Crippen LogP contribution in [0.5, 0.6) is 5.75 Å². The SMILES string of the molecule is CCCCC(=O)N(CCCCOc1ccccc1)Cc1ccc(-c2ccccc2C#N)cc1. The topological polar surface area (TPSA) is 53.3 Å². The maximum absolute atomic E-state index is 12.8. The zero-order valence-electron chi connectivity index (χ0n) is 19.4. The molecule has 0 atom stereocenters. The minimum atomic E-state index is 0.208. The lowest BCUT2D eigenvalue weighted by atomic mass is 9.99. The highest BCUT2D eigenvalue weighted by atomic mass is 16.5. The van der Waals surface area contributed by atoms with Gasteiger partial charge in [-0.3, -0.25) is 4.79 Å². The van der Waals surface area contributed by atoms with Crippen LogP contribution in [0.15, 0.2) is 78.9 Å². The molecule has 170 valence electrons. The molecule has 1 amide bonds. The summed E-state index contributed by atoms with van der Waals surface area (Å²) < 4.78 is 5.78. The third-order valence-electron chi connectivity index (χ3n) is 5.62. The van der Waals surface area contributed by atoms with Crippen LogP contribution in [0.25, 0.3) is 11.1 Å². The molecule has 0 spiro atoms. The van der Waals surface area contributed by atoms with Crippen LogP contribution in [-0.4, -0.2) is 24.0 Å². The number of rotatable bonds is 12. The summed E-state index contributed by atoms with van der Waals surface area (Å²) in [6.07, 6.45) is 4.31. The van der Waals surface area contributed by atoms with Crippen molar-refractivity contribution < 1.29 is 9.53 Å². The Morgan fingerprint density at radius 3 is 2.36 bits per heavy atom. The van der Waals surface area contributed by atoms with E-state index in [2.05, 4.69) is 25.1 Å². The highest BCUT2D eigenvalue weighted by Gasteiger charge is 2.14. The first-order valence-electron chi connectivity index (χ1n) is 11.8. The number of benzene rings is 3. The van der Waals surface area contributed by atoms with E-state index in [0.717, 1.165) is 54.7 Å². The molecule has 0 bridgehead atoms. The highest BCUT2D eigenvalue weighted by molar-refractivity contribution is 5.76. The first-order valence-corrected chi connectivity index (χ1v) is 11.8. The minimum absolute atomic E-state index is 0.208. The fourth-order valence-corrected chi connectivity index (χ4v) is 3.73. The van der Waals surface area contributed by atoms with Gasteiger partial charge in [-0.15, -0.1) is 0 Å². The summed E-state index contributed by atoms with van der Waals surface area (Å²) in [6, 6.07) is 27.9. The number of hydrogen-bond acceptors (Lipinski definition) is 3. The van der Waals surface area contributed by atoms with Crippen LogP contribution in [0.1, 0.15) is 50.2 Å². The predicted molar refractivity (Wildman–Crippen MR) is 133 cm³/mol. The van der Waals surface area contributed by atoms with E-state index in [0.29, 0.717) is 25.1 Å². The van der Waals surface area contributed by atoms with E-state index in [-0.39, 0.29) is 5.91 Å². The number of amides is 1. The molecule has 0 aliphatic carbocycles. The molecule has 4 heteroatoms. The van der Waals surface area contributed by atoms with Crippen molar-refractivity contribution in [3.05, 3.63) is 90.0 Å². The summed E-state index contributed by atoms with van der Waals surface area (Å²) in [6.45, 7) is 4.08. The van der Waals surface area contributed by atoms with Crippen LogP contribution < -0.4 is 4.74 Å². The summed E-state index contributed by atoms with van der Waals surface area (Å²) in [4.78, 5) is 14.8. The molecule has 3 aromatic rings. The van der Waals surface area contributed by atoms with Gasteiger partial charge in [0.05, 0.1) is 18.2 Å². The van der Waals surface area contributed by atoms with Crippen LogP contribution in [0.3, 0.4) is 0 Å². The zero-order valence-corrected chi connectivity index (χ0v) is 19.4. The second kappa shape index (κ2) is 13.1. The molecule has 0 aliphatic heterocycles. The maximum Gasteiger partial charge on any atom is 0.222 e. The first-order chi connectivity index (χ1) is 16.2. The van der Waals surface area contributed by atoms with Crippen LogP contribution in [-0.2, 0) is 11.3 Å². The summed E-state index contributed by atoms with van der Waals surface area (Å²) >= 11 is 0. The molecule has 0 unspecified atom stereocenters. The fourth-order valence-electron chi connectivity index (χ4n) is 3.73. The van der Waals surface area contributed by atoms with Gasteiger partial charge in [0.25, 0.3) is 0 Å². The Bertz CT molecular complexity index is 1040. The third-order valence-corrected chi connectivity index (χ3v) is 5.62. The van der Waals surface area contributed by atoms with Crippen molar-refractivity contribution in [2.24, 2.45) is 0 Å². The van der Waals surface area contributed by atoms with Gasteiger partial charge in [0, 0.05) is 19.5 Å². The standard InChI is InChI=1S/C29H32N2O2/c1-2-3-15-29(32)31(20-9-10-21-33-27-12-5-4-6-13-27)23-24-16-18-25(19-17-24)28-14-8-7-11-26(28)22-30/h4-8,11-14,16-19H,2-3,9-10,15,20-21,23H2,1H3. The average Bonchev–Trinajstić information content (AvgIpc) is 2.87. The number of para-hydroxylation sites is 1. The molecule has 0 aliphatic rings. The molecule has 0 aromatic heterocycles. The number of ether oxygens (including phenoxy) is 1. The van der Waals surface area contributed by atoms with Crippen LogP contribution >= 0.6 is 0 Å². The van der Waals surface area contributed by atoms with Gasteiger partial charge >= 0.3 is 0 Å². The number of nitrogens with zero attached hydrogens (tertiary/aromatic N) is 2. The molecular formula is C29H32N2O2. The second-order valence-corrected chi connectivity index (χ2v) is 8.14. The van der Waals surface area contributed by atoms with Crippen LogP contribution in [0, 0.1) is 11.3 Å². The number of nitriles is 1. The number of unbranched alkanes of at least 4 members (excludes halogenated alkanes) is 2. The van der Waals surface area contributed by atoms with Gasteiger partial charge in [0.2, 0.25) is 5.91 Å². The molecule has 0 heterocycles. The van der Waals surface area contributed by atoms with Crippen molar-refractivity contribution in [1.82, 2.24) is 4.90 Å². The molecule has 0 saturated carbocycles. The molecule has 33 heavy (non-hydrogen) atoms. The van der Waals surface area contributed by atoms with Gasteiger partial charge < -0.3 is 9.64 Å². The molecule has 0 radical (unpaired) electrons. The first kappa shape index (κ1) is 24.1. The zero-order chi connectivity index (χ0) is 23.3. The summed E-state index contributed by atoms with van der Waals surface area (Å²) in [5.74, 6) is 1.09. The number of carbonyl (C=O) groups is 1. The number of hydrogen-bond donors (Lipinski definition) is 0. The Kier molecular flexibility index (Phi) is 9.54. The molecule has 3 rings (SSSR count). The molecule has 0 fully saturated rings. The van der Waals surface area contributed by atoms with E-state index in [1.54, 1.807) is 0 Å². The van der Waals surface area contributed by atoms with Gasteiger partial charge in [-0.25, -0.2) is 0 Å². The predicted octanol–water partition coefficient (Wildman–Crippen LogP) is 6.60. The lowest BCUT2D eigenvalue weighted by Gasteiger charge is -2.23. The summed E-state index contributed by atoms with van der Waals surface area (Å²) in [5, 5.41) is 9.37. The highest BCUT2D eigenvalue weighted by Crippen LogP contribution is 2.24. The smallest absolute Gasteiger partial charge is 0.222 e. The van der Waals surface area contributed by atoms with Crippen molar-refractivity contribution in [3.8, 4) is 22.9 Å². The molecular weight excluding hydrogens is 408 g/mol. The van der Waals surface area contributed by atoms with Gasteiger partial charge in [0.1, 0.15) is 5.75 Å². The fraction of sp³-hybridized carbons (Fsp3) is 0.310. The van der Waals surface area contributed by atoms with Crippen molar-refractivity contribution in [2.75, 3.05) is 13.2 Å². The molecule has 0 saturated heterocycles. The Morgan fingerprint density at radius 1 is 0.909 bits per heavy atom. The van der Waals surface area contributed by atoms with E-state index in [1.165, 1.54) is 0 Å². The monoisotopic (exact) mass is 440 g/mol. The van der Waals surface area contributed by atoms with Crippen molar-refractivity contribution in [2.45, 2.75) is 45.6 Å². The van der Waals surface area contributed by atoms with Gasteiger partial charge in [-0.2, -0.15) is 5.26 Å². The van der Waals surface area contributed by atoms with E-state index in [9.17, 15) is 10.1 Å². The van der Waals surface area contributed by atoms with Gasteiger partial charge in [-0.1, -0.05) is 74.0 Å². The van der Waals surface area contributed by atoms with E-state index in [1.807, 2.05) is 71.6 Å². The normalized spacial score (nSPS) is 10.4. The quantitative estimate of drug-likeness (QED) is 0.298. The Labute approximate surface area is 197 Å². The molecule has 0 N–H and O–H groups in total.